The third kappa shape index (κ3) is 8.21. The molecule has 0 spiro atoms. The molecule has 0 aliphatic carbocycles. The largest absolute Gasteiger partial charge is 0.379 e. The number of ether oxygens (including phenoxy) is 1. The number of hydrogen-bond acceptors (Lipinski definition) is 10. The number of morpholine rings is 1. The van der Waals surface area contributed by atoms with Crippen molar-refractivity contribution in [3.05, 3.63) is 27.8 Å². The zero-order valence-corrected chi connectivity index (χ0v) is 21.1. The second-order valence-electron chi connectivity index (χ2n) is 7.88. The summed E-state index contributed by atoms with van der Waals surface area (Å²) in [6.07, 6.45) is 7.47. The lowest BCUT2D eigenvalue weighted by atomic mass is 10.1. The molecule has 1 aliphatic rings. The van der Waals surface area contributed by atoms with Crippen LogP contribution in [0.4, 0.5) is 11.4 Å². The van der Waals surface area contributed by atoms with Gasteiger partial charge in [-0.15, -0.1) is 6.42 Å². The van der Waals surface area contributed by atoms with Crippen LogP contribution in [0.25, 0.3) is 0 Å². The van der Waals surface area contributed by atoms with Gasteiger partial charge in [0.05, 0.1) is 52.9 Å². The molecule has 1 saturated heterocycles. The number of non-ortho nitro benzene ring substituents is 1. The fraction of sp³-hybridized carbons (Fsp3) is 0.619. The summed E-state index contributed by atoms with van der Waals surface area (Å²) in [7, 11) is -7.66. The van der Waals surface area contributed by atoms with Crippen molar-refractivity contribution in [2.45, 2.75) is 24.7 Å². The maximum Gasteiger partial charge on any atom is 0.272 e. The lowest BCUT2D eigenvalue weighted by Gasteiger charge is -2.28. The molecule has 0 saturated carbocycles. The molecule has 1 fully saturated rings. The minimum atomic E-state index is -3.96. The van der Waals surface area contributed by atoms with Gasteiger partial charge in [0.1, 0.15) is 0 Å². The minimum absolute atomic E-state index is 0.0314. The molecule has 0 N–H and O–H groups in total. The van der Waals surface area contributed by atoms with Gasteiger partial charge in [-0.1, -0.05) is 12.8 Å². The summed E-state index contributed by atoms with van der Waals surface area (Å²) >= 11 is 0. The predicted molar refractivity (Wildman–Crippen MR) is 128 cm³/mol. The zero-order valence-electron chi connectivity index (χ0n) is 19.4. The van der Waals surface area contributed by atoms with Gasteiger partial charge in [-0.2, -0.15) is 8.42 Å². The second-order valence-corrected chi connectivity index (χ2v) is 11.6. The van der Waals surface area contributed by atoms with E-state index in [1.54, 1.807) is 4.90 Å². The molecule has 1 aromatic carbocycles. The molecule has 0 amide bonds. The Bertz CT molecular complexity index is 1110. The fourth-order valence-electron chi connectivity index (χ4n) is 3.69. The average molecular weight is 518 g/mol. The Morgan fingerprint density at radius 2 is 1.91 bits per heavy atom. The summed E-state index contributed by atoms with van der Waals surface area (Å²) in [5.74, 6) is 2.15. The molecule has 1 heterocycles. The third-order valence-corrected chi connectivity index (χ3v) is 7.62. The maximum absolute atomic E-state index is 13.4. The Balaban J connectivity index is 2.42. The topological polar surface area (TPSA) is 136 Å². The molecule has 0 aromatic heterocycles. The van der Waals surface area contributed by atoms with E-state index in [4.69, 9.17) is 15.3 Å². The van der Waals surface area contributed by atoms with Crippen molar-refractivity contribution in [2.24, 2.45) is 0 Å². The molecule has 190 valence electrons. The molecule has 11 nitrogen and oxygen atoms in total. The van der Waals surface area contributed by atoms with Crippen LogP contribution in [0, 0.1) is 22.5 Å². The van der Waals surface area contributed by atoms with E-state index in [1.807, 2.05) is 6.92 Å². The van der Waals surface area contributed by atoms with Crippen molar-refractivity contribution in [3.63, 3.8) is 0 Å². The average Bonchev–Trinajstić information content (AvgIpc) is 2.77. The number of anilines is 1. The van der Waals surface area contributed by atoms with Crippen LogP contribution in [0.15, 0.2) is 17.0 Å². The molecule has 0 unspecified atom stereocenters. The van der Waals surface area contributed by atoms with Crippen LogP contribution in [0.1, 0.15) is 25.3 Å². The van der Waals surface area contributed by atoms with Gasteiger partial charge >= 0.3 is 0 Å². The summed E-state index contributed by atoms with van der Waals surface area (Å²) in [5, 5.41) is 11.5. The molecule has 0 atom stereocenters. The lowest BCUT2D eigenvalue weighted by molar-refractivity contribution is -0.385. The molecule has 13 heteroatoms. The van der Waals surface area contributed by atoms with Gasteiger partial charge in [0.25, 0.3) is 15.8 Å². The molecule has 0 radical (unpaired) electrons. The van der Waals surface area contributed by atoms with Gasteiger partial charge in [0.2, 0.25) is 0 Å². The predicted octanol–water partition coefficient (Wildman–Crippen LogP) is 1.26. The first-order valence-corrected chi connectivity index (χ1v) is 14.4. The number of nitro groups is 1. The SMILES string of the molecule is C#Cc1cc([N+](=O)[O-])cc(S(=O)(=O)CCCN2CCOCC2)c1N(CCC)CCOS(C)(=O)=O. The van der Waals surface area contributed by atoms with E-state index in [9.17, 15) is 26.9 Å². The summed E-state index contributed by atoms with van der Waals surface area (Å²) in [6, 6.07) is 2.18. The highest BCUT2D eigenvalue weighted by Gasteiger charge is 2.28. The van der Waals surface area contributed by atoms with Crippen LogP contribution < -0.4 is 4.90 Å². The van der Waals surface area contributed by atoms with Gasteiger partial charge in [-0.3, -0.25) is 19.2 Å². The summed E-state index contributed by atoms with van der Waals surface area (Å²) < 4.78 is 59.6. The second kappa shape index (κ2) is 12.5. The van der Waals surface area contributed by atoms with Crippen LogP contribution in [0.2, 0.25) is 0 Å². The van der Waals surface area contributed by atoms with Crippen molar-refractivity contribution >= 4 is 31.3 Å². The first kappa shape index (κ1) is 28.0. The van der Waals surface area contributed by atoms with E-state index in [2.05, 4.69) is 10.8 Å². The lowest BCUT2D eigenvalue weighted by Crippen LogP contribution is -2.37. The third-order valence-electron chi connectivity index (χ3n) is 5.22. The van der Waals surface area contributed by atoms with Crippen LogP contribution in [-0.2, 0) is 28.9 Å². The van der Waals surface area contributed by atoms with Crippen LogP contribution in [0.5, 0.6) is 0 Å². The first-order valence-electron chi connectivity index (χ1n) is 10.9. The fourth-order valence-corrected chi connectivity index (χ4v) is 5.63. The first-order chi connectivity index (χ1) is 16.0. The molecule has 1 aromatic rings. The van der Waals surface area contributed by atoms with E-state index < -0.39 is 30.6 Å². The van der Waals surface area contributed by atoms with E-state index in [1.165, 1.54) is 0 Å². The smallest absolute Gasteiger partial charge is 0.272 e. The number of benzene rings is 1. The van der Waals surface area contributed by atoms with Gasteiger partial charge < -0.3 is 9.64 Å². The van der Waals surface area contributed by atoms with Crippen LogP contribution in [0.3, 0.4) is 0 Å². The molecule has 2 rings (SSSR count). The molecular formula is C21H31N3O8S2. The van der Waals surface area contributed by atoms with Crippen molar-refractivity contribution in [2.75, 3.05) is 69.5 Å². The van der Waals surface area contributed by atoms with E-state index in [0.717, 1.165) is 18.4 Å². The maximum atomic E-state index is 13.4. The van der Waals surface area contributed by atoms with E-state index >= 15 is 0 Å². The van der Waals surface area contributed by atoms with Gasteiger partial charge in [-0.25, -0.2) is 8.42 Å². The molecular weight excluding hydrogens is 486 g/mol. The van der Waals surface area contributed by atoms with Crippen molar-refractivity contribution in [1.82, 2.24) is 4.90 Å². The number of rotatable bonds is 13. The highest BCUT2D eigenvalue weighted by Crippen LogP contribution is 2.34. The number of nitro benzene ring substituents is 1. The Hall–Kier alpha value is -2.24. The molecule has 34 heavy (non-hydrogen) atoms. The normalized spacial score (nSPS) is 15.1. The Kier molecular flexibility index (Phi) is 10.3. The number of sulfone groups is 1. The van der Waals surface area contributed by atoms with E-state index in [-0.39, 0.29) is 35.1 Å². The monoisotopic (exact) mass is 517 g/mol. The summed E-state index contributed by atoms with van der Waals surface area (Å²) in [6.45, 7) is 5.18. The van der Waals surface area contributed by atoms with Gasteiger partial charge in [-0.05, 0) is 19.4 Å². The highest BCUT2D eigenvalue weighted by atomic mass is 32.2. The quantitative estimate of drug-likeness (QED) is 0.163. The van der Waals surface area contributed by atoms with Gasteiger partial charge in [0.15, 0.2) is 9.84 Å². The van der Waals surface area contributed by atoms with E-state index in [0.29, 0.717) is 52.2 Å². The number of hydrogen-bond donors (Lipinski definition) is 0. The highest BCUT2D eigenvalue weighted by molar-refractivity contribution is 7.91. The van der Waals surface area contributed by atoms with Crippen LogP contribution >= 0.6 is 0 Å². The number of nitrogens with zero attached hydrogens (tertiary/aromatic N) is 3. The Labute approximate surface area is 201 Å². The summed E-state index contributed by atoms with van der Waals surface area (Å²) in [5.41, 5.74) is -0.223. The summed E-state index contributed by atoms with van der Waals surface area (Å²) in [4.78, 5) is 14.3. The molecule has 1 aliphatic heterocycles. The van der Waals surface area contributed by atoms with Gasteiger partial charge in [0, 0.05) is 38.3 Å². The van der Waals surface area contributed by atoms with Crippen molar-refractivity contribution < 1.29 is 30.7 Å². The van der Waals surface area contributed by atoms with Crippen molar-refractivity contribution in [3.8, 4) is 12.3 Å². The van der Waals surface area contributed by atoms with Crippen LogP contribution in [-0.4, -0.2) is 91.2 Å². The number of terminal acetylenes is 1. The minimum Gasteiger partial charge on any atom is -0.379 e. The van der Waals surface area contributed by atoms with Crippen molar-refractivity contribution in [1.29, 1.82) is 0 Å². The zero-order chi connectivity index (χ0) is 25.4. The standard InChI is InChI=1S/C21H31N3O8S2/c1-4-7-23(11-14-32-33(3,27)28)21-18(5-2)16-19(24(25)26)17-20(21)34(29,30)15-6-8-22-9-12-31-13-10-22/h2,16-17H,4,6-15H2,1,3H3. The Morgan fingerprint density at radius 3 is 2.47 bits per heavy atom. The molecule has 0 bridgehead atoms. The Morgan fingerprint density at radius 1 is 1.24 bits per heavy atom.